The van der Waals surface area contributed by atoms with E-state index < -0.39 is 0 Å². The first-order valence-electron chi connectivity index (χ1n) is 7.97. The van der Waals surface area contributed by atoms with E-state index in [0.29, 0.717) is 12.6 Å². The molecule has 3 heteroatoms. The number of ether oxygens (including phenoxy) is 2. The van der Waals surface area contributed by atoms with Gasteiger partial charge in [0.25, 0.3) is 0 Å². The van der Waals surface area contributed by atoms with Crippen molar-refractivity contribution in [3.8, 4) is 11.5 Å². The van der Waals surface area contributed by atoms with Crippen molar-refractivity contribution in [1.29, 1.82) is 0 Å². The Morgan fingerprint density at radius 3 is 2.70 bits per heavy atom. The van der Waals surface area contributed by atoms with Gasteiger partial charge < -0.3 is 14.8 Å². The molecule has 0 atom stereocenters. The van der Waals surface area contributed by atoms with Crippen molar-refractivity contribution in [2.24, 2.45) is 5.92 Å². The van der Waals surface area contributed by atoms with Crippen LogP contribution in [0.5, 0.6) is 11.5 Å². The first kappa shape index (κ1) is 13.7. The number of nitrogens with one attached hydrogen (secondary N) is 1. The molecular weight excluding hydrogens is 250 g/mol. The molecule has 2 saturated carbocycles. The monoisotopic (exact) mass is 275 g/mol. The lowest BCUT2D eigenvalue weighted by atomic mass is 10.1. The Bertz CT molecular complexity index is 439. The van der Waals surface area contributed by atoms with Crippen LogP contribution in [-0.2, 0) is 6.54 Å². The maximum absolute atomic E-state index is 6.06. The molecule has 0 amide bonds. The lowest BCUT2D eigenvalue weighted by Gasteiger charge is -2.16. The Hall–Kier alpha value is -1.22. The van der Waals surface area contributed by atoms with Gasteiger partial charge in [-0.15, -0.1) is 0 Å². The van der Waals surface area contributed by atoms with E-state index in [1.54, 1.807) is 0 Å². The van der Waals surface area contributed by atoms with Crippen LogP contribution < -0.4 is 14.8 Å². The minimum atomic E-state index is 0.679. The Morgan fingerprint density at radius 2 is 2.00 bits per heavy atom. The lowest BCUT2D eigenvalue weighted by Crippen LogP contribution is -2.16. The number of hydrogen-bond donors (Lipinski definition) is 1. The fourth-order valence-corrected chi connectivity index (χ4v) is 2.41. The highest BCUT2D eigenvalue weighted by Gasteiger charge is 2.23. The molecule has 2 fully saturated rings. The van der Waals surface area contributed by atoms with Crippen molar-refractivity contribution >= 4 is 0 Å². The van der Waals surface area contributed by atoms with E-state index in [2.05, 4.69) is 17.4 Å². The number of benzene rings is 1. The summed E-state index contributed by atoms with van der Waals surface area (Å²) in [5.41, 5.74) is 1.22. The van der Waals surface area contributed by atoms with Gasteiger partial charge in [0.05, 0.1) is 13.2 Å². The average molecular weight is 275 g/mol. The molecule has 2 aliphatic rings. The van der Waals surface area contributed by atoms with Crippen molar-refractivity contribution in [2.45, 2.75) is 51.6 Å². The average Bonchev–Trinajstić information content (AvgIpc) is 3.34. The van der Waals surface area contributed by atoms with Gasteiger partial charge in [0, 0.05) is 18.2 Å². The summed E-state index contributed by atoms with van der Waals surface area (Å²) in [6.45, 7) is 4.39. The molecule has 0 aromatic heterocycles. The zero-order chi connectivity index (χ0) is 13.8. The van der Waals surface area contributed by atoms with Crippen LogP contribution >= 0.6 is 0 Å². The third kappa shape index (κ3) is 3.89. The third-order valence-corrected chi connectivity index (χ3v) is 3.99. The first-order valence-corrected chi connectivity index (χ1v) is 7.97. The molecule has 0 bridgehead atoms. The molecule has 0 spiro atoms. The summed E-state index contributed by atoms with van der Waals surface area (Å²) in [4.78, 5) is 0. The molecule has 20 heavy (non-hydrogen) atoms. The minimum absolute atomic E-state index is 0.679. The Morgan fingerprint density at radius 1 is 1.15 bits per heavy atom. The van der Waals surface area contributed by atoms with Gasteiger partial charge in [0.15, 0.2) is 11.5 Å². The molecule has 0 heterocycles. The van der Waals surface area contributed by atoms with Crippen LogP contribution in [0.3, 0.4) is 0 Å². The van der Waals surface area contributed by atoms with Gasteiger partial charge >= 0.3 is 0 Å². The lowest BCUT2D eigenvalue weighted by molar-refractivity contribution is 0.266. The number of rotatable bonds is 9. The highest BCUT2D eigenvalue weighted by atomic mass is 16.5. The quantitative estimate of drug-likeness (QED) is 0.748. The fraction of sp³-hybridized carbons (Fsp3) is 0.647. The zero-order valence-electron chi connectivity index (χ0n) is 12.4. The summed E-state index contributed by atoms with van der Waals surface area (Å²) in [6, 6.07) is 6.92. The van der Waals surface area contributed by atoms with E-state index >= 15 is 0 Å². The molecular formula is C17H25NO2. The maximum Gasteiger partial charge on any atom is 0.165 e. The molecule has 0 unspecified atom stereocenters. The van der Waals surface area contributed by atoms with E-state index in [1.807, 2.05) is 13.0 Å². The second-order valence-corrected chi connectivity index (χ2v) is 5.91. The van der Waals surface area contributed by atoms with Crippen LogP contribution in [0.15, 0.2) is 18.2 Å². The first-order chi connectivity index (χ1) is 9.86. The zero-order valence-corrected chi connectivity index (χ0v) is 12.4. The standard InChI is InChI=1S/C17H25NO2/c1-2-19-16-5-3-4-14(12-18-15-8-9-15)17(16)20-11-10-13-6-7-13/h3-5,13,15,18H,2,6-12H2,1H3. The van der Waals surface area contributed by atoms with Gasteiger partial charge in [-0.3, -0.25) is 0 Å². The van der Waals surface area contributed by atoms with Crippen LogP contribution in [0.1, 0.15) is 44.6 Å². The van der Waals surface area contributed by atoms with E-state index in [4.69, 9.17) is 9.47 Å². The number of hydrogen-bond acceptors (Lipinski definition) is 3. The summed E-state index contributed by atoms with van der Waals surface area (Å²) in [6.07, 6.45) is 6.56. The Kier molecular flexibility index (Phi) is 4.46. The van der Waals surface area contributed by atoms with Gasteiger partial charge in [-0.05, 0) is 38.2 Å². The summed E-state index contributed by atoms with van der Waals surface area (Å²) in [5.74, 6) is 2.74. The SMILES string of the molecule is CCOc1cccc(CNC2CC2)c1OCCC1CC1. The predicted octanol–water partition coefficient (Wildman–Crippen LogP) is 3.52. The van der Waals surface area contributed by atoms with Crippen molar-refractivity contribution in [1.82, 2.24) is 5.32 Å². The second-order valence-electron chi connectivity index (χ2n) is 5.91. The second kappa shape index (κ2) is 6.49. The van der Waals surface area contributed by atoms with Crippen LogP contribution in [0.25, 0.3) is 0 Å². The highest BCUT2D eigenvalue weighted by Crippen LogP contribution is 2.35. The molecule has 1 aromatic rings. The molecule has 110 valence electrons. The largest absolute Gasteiger partial charge is 0.490 e. The number of para-hydroxylation sites is 1. The van der Waals surface area contributed by atoms with Crippen molar-refractivity contribution in [3.05, 3.63) is 23.8 Å². The molecule has 1 aromatic carbocycles. The van der Waals surface area contributed by atoms with Crippen LogP contribution in [-0.4, -0.2) is 19.3 Å². The Balaban J connectivity index is 1.65. The van der Waals surface area contributed by atoms with Gasteiger partial charge in [0.1, 0.15) is 0 Å². The van der Waals surface area contributed by atoms with E-state index in [0.717, 1.165) is 30.6 Å². The van der Waals surface area contributed by atoms with Crippen molar-refractivity contribution in [2.75, 3.05) is 13.2 Å². The van der Waals surface area contributed by atoms with E-state index in [1.165, 1.54) is 37.7 Å². The van der Waals surface area contributed by atoms with Crippen LogP contribution in [0.4, 0.5) is 0 Å². The van der Waals surface area contributed by atoms with Crippen molar-refractivity contribution < 1.29 is 9.47 Å². The molecule has 0 saturated heterocycles. The van der Waals surface area contributed by atoms with Gasteiger partial charge in [-0.1, -0.05) is 25.0 Å². The summed E-state index contributed by atoms with van der Waals surface area (Å²) in [7, 11) is 0. The normalized spacial score (nSPS) is 18.1. The molecule has 0 radical (unpaired) electrons. The molecule has 1 N–H and O–H groups in total. The summed E-state index contributed by atoms with van der Waals surface area (Å²) in [5, 5.41) is 3.56. The van der Waals surface area contributed by atoms with E-state index in [-0.39, 0.29) is 0 Å². The molecule has 0 aliphatic heterocycles. The van der Waals surface area contributed by atoms with Crippen molar-refractivity contribution in [3.63, 3.8) is 0 Å². The van der Waals surface area contributed by atoms with E-state index in [9.17, 15) is 0 Å². The highest BCUT2D eigenvalue weighted by molar-refractivity contribution is 5.46. The summed E-state index contributed by atoms with van der Waals surface area (Å²) >= 11 is 0. The Labute approximate surface area is 121 Å². The third-order valence-electron chi connectivity index (χ3n) is 3.99. The molecule has 3 nitrogen and oxygen atoms in total. The molecule has 3 rings (SSSR count). The topological polar surface area (TPSA) is 30.5 Å². The van der Waals surface area contributed by atoms with Crippen LogP contribution in [0, 0.1) is 5.92 Å². The van der Waals surface area contributed by atoms with Gasteiger partial charge in [-0.25, -0.2) is 0 Å². The minimum Gasteiger partial charge on any atom is -0.490 e. The summed E-state index contributed by atoms with van der Waals surface area (Å²) < 4.78 is 11.8. The van der Waals surface area contributed by atoms with Gasteiger partial charge in [0.2, 0.25) is 0 Å². The fourth-order valence-electron chi connectivity index (χ4n) is 2.41. The predicted molar refractivity (Wildman–Crippen MR) is 80.3 cm³/mol. The smallest absolute Gasteiger partial charge is 0.165 e. The van der Waals surface area contributed by atoms with Gasteiger partial charge in [-0.2, -0.15) is 0 Å². The van der Waals surface area contributed by atoms with Crippen LogP contribution in [0.2, 0.25) is 0 Å². The maximum atomic E-state index is 6.06. The molecule has 2 aliphatic carbocycles.